The minimum Gasteiger partial charge on any atom is -0.381 e. The van der Waals surface area contributed by atoms with Crippen molar-refractivity contribution in [1.29, 1.82) is 0 Å². The van der Waals surface area contributed by atoms with Crippen molar-refractivity contribution in [2.24, 2.45) is 0 Å². The fourth-order valence-electron chi connectivity index (χ4n) is 3.83. The van der Waals surface area contributed by atoms with E-state index in [1.54, 1.807) is 15.6 Å². The second kappa shape index (κ2) is 8.64. The molecule has 0 N–H and O–H groups in total. The van der Waals surface area contributed by atoms with Crippen molar-refractivity contribution < 1.29 is 19.1 Å². The van der Waals surface area contributed by atoms with E-state index in [1.165, 1.54) is 7.11 Å². The van der Waals surface area contributed by atoms with Crippen LogP contribution < -0.4 is 0 Å². The molecule has 1 aromatic heterocycles. The fraction of sp³-hybridized carbons (Fsp3) is 0.722. The second-order valence-corrected chi connectivity index (χ2v) is 6.83. The van der Waals surface area contributed by atoms with Gasteiger partial charge in [0, 0.05) is 52.2 Å². The zero-order valence-corrected chi connectivity index (χ0v) is 15.6. The summed E-state index contributed by atoms with van der Waals surface area (Å²) in [4.78, 5) is 29.1. The van der Waals surface area contributed by atoms with Crippen molar-refractivity contribution in [2.75, 3.05) is 40.0 Å². The highest BCUT2D eigenvalue weighted by Crippen LogP contribution is 2.24. The van der Waals surface area contributed by atoms with Gasteiger partial charge in [0.05, 0.1) is 6.04 Å². The van der Waals surface area contributed by atoms with E-state index in [-0.39, 0.29) is 30.5 Å². The Kier molecular flexibility index (Phi) is 6.26. The van der Waals surface area contributed by atoms with Crippen LogP contribution in [-0.2, 0) is 20.8 Å². The van der Waals surface area contributed by atoms with Gasteiger partial charge in [-0.1, -0.05) is 0 Å². The molecule has 8 heteroatoms. The van der Waals surface area contributed by atoms with Gasteiger partial charge in [-0.05, 0) is 32.3 Å². The molecule has 0 aliphatic carbocycles. The van der Waals surface area contributed by atoms with Gasteiger partial charge in [-0.25, -0.2) is 0 Å². The van der Waals surface area contributed by atoms with E-state index in [2.05, 4.69) is 5.10 Å². The van der Waals surface area contributed by atoms with E-state index in [1.807, 2.05) is 18.0 Å². The van der Waals surface area contributed by atoms with Crippen molar-refractivity contribution in [3.05, 3.63) is 18.0 Å². The topological polar surface area (TPSA) is 76.9 Å². The van der Waals surface area contributed by atoms with Gasteiger partial charge in [-0.15, -0.1) is 0 Å². The maximum Gasteiger partial charge on any atom is 0.274 e. The number of carbonyl (C=O) groups is 2. The van der Waals surface area contributed by atoms with Crippen LogP contribution >= 0.6 is 0 Å². The first-order valence-corrected chi connectivity index (χ1v) is 9.34. The van der Waals surface area contributed by atoms with Crippen LogP contribution in [0.25, 0.3) is 0 Å². The summed E-state index contributed by atoms with van der Waals surface area (Å²) in [6.45, 7) is 5.32. The summed E-state index contributed by atoms with van der Waals surface area (Å²) in [5.74, 6) is -0.0697. The molecule has 0 radical (unpaired) electrons. The number of hydrogen-bond acceptors (Lipinski definition) is 5. The Labute approximate surface area is 154 Å². The lowest BCUT2D eigenvalue weighted by atomic mass is 10.0. The Morgan fingerprint density at radius 2 is 2.08 bits per heavy atom. The van der Waals surface area contributed by atoms with Crippen molar-refractivity contribution >= 4 is 11.8 Å². The summed E-state index contributed by atoms with van der Waals surface area (Å²) < 4.78 is 12.3. The number of amides is 2. The normalized spacial score (nSPS) is 21.2. The van der Waals surface area contributed by atoms with Gasteiger partial charge in [0.15, 0.2) is 0 Å². The fourth-order valence-corrected chi connectivity index (χ4v) is 3.83. The zero-order valence-electron chi connectivity index (χ0n) is 15.6. The van der Waals surface area contributed by atoms with Gasteiger partial charge in [0.1, 0.15) is 12.3 Å². The molecule has 0 bridgehead atoms. The van der Waals surface area contributed by atoms with E-state index < -0.39 is 0 Å². The van der Waals surface area contributed by atoms with Gasteiger partial charge in [0.25, 0.3) is 5.91 Å². The largest absolute Gasteiger partial charge is 0.381 e. The number of methoxy groups -OCH3 is 1. The Hall–Kier alpha value is -1.93. The zero-order chi connectivity index (χ0) is 18.5. The van der Waals surface area contributed by atoms with Gasteiger partial charge in [0.2, 0.25) is 5.91 Å². The van der Waals surface area contributed by atoms with E-state index in [9.17, 15) is 9.59 Å². The van der Waals surface area contributed by atoms with E-state index in [4.69, 9.17) is 9.47 Å². The molecule has 3 heterocycles. The Balaban J connectivity index is 1.68. The molecule has 0 spiro atoms. The van der Waals surface area contributed by atoms with Crippen LogP contribution in [0.15, 0.2) is 12.3 Å². The standard InChI is InChI=1S/C18H28N4O4/c1-3-21-9-5-16(19-21)18(24)20-8-4-15(12-20)22(17(23)13-25-2)14-6-10-26-11-7-14/h5,9,14-15H,3-4,6-8,10-13H2,1-2H3. The number of aromatic nitrogens is 2. The highest BCUT2D eigenvalue weighted by atomic mass is 16.5. The number of ether oxygens (including phenoxy) is 2. The molecule has 2 aliphatic heterocycles. The second-order valence-electron chi connectivity index (χ2n) is 6.83. The minimum absolute atomic E-state index is 0.00559. The minimum atomic E-state index is -0.0641. The highest BCUT2D eigenvalue weighted by molar-refractivity contribution is 5.92. The first-order valence-electron chi connectivity index (χ1n) is 9.34. The lowest BCUT2D eigenvalue weighted by molar-refractivity contribution is -0.142. The first kappa shape index (κ1) is 18.8. The average Bonchev–Trinajstić information content (AvgIpc) is 3.32. The smallest absolute Gasteiger partial charge is 0.274 e. The molecule has 2 amide bonds. The van der Waals surface area contributed by atoms with Crippen molar-refractivity contribution in [3.63, 3.8) is 0 Å². The molecule has 8 nitrogen and oxygen atoms in total. The predicted octanol–water partition coefficient (Wildman–Crippen LogP) is 0.772. The quantitative estimate of drug-likeness (QED) is 0.745. The Morgan fingerprint density at radius 1 is 1.31 bits per heavy atom. The molecular weight excluding hydrogens is 336 g/mol. The van der Waals surface area contributed by atoms with Crippen molar-refractivity contribution in [1.82, 2.24) is 19.6 Å². The van der Waals surface area contributed by atoms with Gasteiger partial charge >= 0.3 is 0 Å². The lowest BCUT2D eigenvalue weighted by Crippen LogP contribution is -2.51. The van der Waals surface area contributed by atoms with Crippen LogP contribution in [0.2, 0.25) is 0 Å². The SMILES string of the molecule is CCn1ccc(C(=O)N2CCC(N(C(=O)COC)C3CCOCC3)C2)n1. The molecular formula is C18H28N4O4. The number of nitrogens with zero attached hydrogens (tertiary/aromatic N) is 4. The molecule has 26 heavy (non-hydrogen) atoms. The third kappa shape index (κ3) is 4.07. The summed E-state index contributed by atoms with van der Waals surface area (Å²) in [5.41, 5.74) is 0.466. The van der Waals surface area contributed by atoms with Crippen LogP contribution in [0.4, 0.5) is 0 Å². The maximum atomic E-state index is 12.7. The number of rotatable bonds is 6. The molecule has 3 rings (SSSR count). The molecule has 2 saturated heterocycles. The van der Waals surface area contributed by atoms with Gasteiger partial charge in [-0.2, -0.15) is 5.10 Å². The summed E-state index contributed by atoms with van der Waals surface area (Å²) in [6, 6.07) is 1.94. The maximum absolute atomic E-state index is 12.7. The first-order chi connectivity index (χ1) is 12.6. The Bertz CT molecular complexity index is 626. The van der Waals surface area contributed by atoms with E-state index in [0.29, 0.717) is 32.0 Å². The third-order valence-corrected chi connectivity index (χ3v) is 5.17. The molecule has 2 fully saturated rings. The summed E-state index contributed by atoms with van der Waals surface area (Å²) in [5, 5.41) is 4.31. The molecule has 1 atom stereocenters. The van der Waals surface area contributed by atoms with Gasteiger partial charge in [-0.3, -0.25) is 14.3 Å². The van der Waals surface area contributed by atoms with Crippen LogP contribution in [-0.4, -0.2) is 83.5 Å². The molecule has 0 aromatic carbocycles. The predicted molar refractivity (Wildman–Crippen MR) is 94.8 cm³/mol. The van der Waals surface area contributed by atoms with E-state index in [0.717, 1.165) is 25.8 Å². The van der Waals surface area contributed by atoms with Crippen molar-refractivity contribution in [2.45, 2.75) is 44.8 Å². The molecule has 2 aliphatic rings. The average molecular weight is 364 g/mol. The summed E-state index contributed by atoms with van der Waals surface area (Å²) in [7, 11) is 1.54. The number of carbonyl (C=O) groups excluding carboxylic acids is 2. The monoisotopic (exact) mass is 364 g/mol. The molecule has 144 valence electrons. The highest BCUT2D eigenvalue weighted by Gasteiger charge is 2.37. The van der Waals surface area contributed by atoms with Crippen LogP contribution in [0, 0.1) is 0 Å². The summed E-state index contributed by atoms with van der Waals surface area (Å²) >= 11 is 0. The molecule has 1 aromatic rings. The third-order valence-electron chi connectivity index (χ3n) is 5.17. The van der Waals surface area contributed by atoms with E-state index >= 15 is 0 Å². The van der Waals surface area contributed by atoms with Crippen LogP contribution in [0.3, 0.4) is 0 Å². The van der Waals surface area contributed by atoms with Gasteiger partial charge < -0.3 is 19.3 Å². The van der Waals surface area contributed by atoms with Crippen molar-refractivity contribution in [3.8, 4) is 0 Å². The number of hydrogen-bond donors (Lipinski definition) is 0. The molecule has 1 unspecified atom stereocenters. The molecule has 0 saturated carbocycles. The van der Waals surface area contributed by atoms with Crippen LogP contribution in [0.1, 0.15) is 36.7 Å². The number of aryl methyl sites for hydroxylation is 1. The summed E-state index contributed by atoms with van der Waals surface area (Å²) in [6.07, 6.45) is 4.27. The Morgan fingerprint density at radius 3 is 2.73 bits per heavy atom. The van der Waals surface area contributed by atoms with Crippen LogP contribution in [0.5, 0.6) is 0 Å². The number of likely N-dealkylation sites (tertiary alicyclic amines) is 1. The lowest BCUT2D eigenvalue weighted by Gasteiger charge is -2.38.